The highest BCUT2D eigenvalue weighted by atomic mass is 35.5. The zero-order valence-corrected chi connectivity index (χ0v) is 13.2. The van der Waals surface area contributed by atoms with Crippen LogP contribution in [0.5, 0.6) is 0 Å². The maximum atomic E-state index is 6.17. The van der Waals surface area contributed by atoms with E-state index < -0.39 is 0 Å². The Balaban J connectivity index is 1.93. The molecule has 0 saturated carbocycles. The molecule has 1 saturated heterocycles. The number of rotatable bonds is 2. The lowest BCUT2D eigenvalue weighted by Gasteiger charge is -2.16. The fourth-order valence-corrected chi connectivity index (χ4v) is 3.42. The van der Waals surface area contributed by atoms with E-state index in [0.29, 0.717) is 6.04 Å². The molecule has 0 N–H and O–H groups in total. The van der Waals surface area contributed by atoms with Crippen LogP contribution < -0.4 is 0 Å². The van der Waals surface area contributed by atoms with E-state index in [1.54, 1.807) is 0 Å². The average Bonchev–Trinajstić information content (AvgIpc) is 3.10. The van der Waals surface area contributed by atoms with E-state index in [1.165, 1.54) is 0 Å². The van der Waals surface area contributed by atoms with E-state index in [2.05, 4.69) is 27.6 Å². The van der Waals surface area contributed by atoms with Gasteiger partial charge in [-0.2, -0.15) is 0 Å². The van der Waals surface area contributed by atoms with Crippen molar-refractivity contribution >= 4 is 22.8 Å². The van der Waals surface area contributed by atoms with Gasteiger partial charge in [0.2, 0.25) is 0 Å². The second kappa shape index (κ2) is 5.38. The standard InChI is InChI=1S/C17H17ClN4/c1-21-9-7-14(11-21)22-16(12-4-2-5-13(18)10-12)20-15-6-3-8-19-17(15)22/h2-6,8,10,14H,7,9,11H2,1H3. The van der Waals surface area contributed by atoms with Crippen LogP contribution in [0.3, 0.4) is 0 Å². The van der Waals surface area contributed by atoms with Crippen LogP contribution in [0.25, 0.3) is 22.6 Å². The summed E-state index contributed by atoms with van der Waals surface area (Å²) in [6.07, 6.45) is 2.95. The highest BCUT2D eigenvalue weighted by Crippen LogP contribution is 2.32. The number of fused-ring (bicyclic) bond motifs is 1. The van der Waals surface area contributed by atoms with Crippen LogP contribution in [0.4, 0.5) is 0 Å². The summed E-state index contributed by atoms with van der Waals surface area (Å²) in [4.78, 5) is 11.7. The van der Waals surface area contributed by atoms with Gasteiger partial charge in [-0.05, 0) is 44.3 Å². The number of pyridine rings is 1. The molecule has 1 unspecified atom stereocenters. The van der Waals surface area contributed by atoms with Gasteiger partial charge in [-0.3, -0.25) is 0 Å². The van der Waals surface area contributed by atoms with Crippen LogP contribution in [0, 0.1) is 0 Å². The van der Waals surface area contributed by atoms with Crippen molar-refractivity contribution < 1.29 is 0 Å². The zero-order valence-electron chi connectivity index (χ0n) is 12.4. The first-order chi connectivity index (χ1) is 10.7. The van der Waals surface area contributed by atoms with Crippen LogP contribution in [0.1, 0.15) is 12.5 Å². The van der Waals surface area contributed by atoms with Crippen molar-refractivity contribution in [2.75, 3.05) is 20.1 Å². The highest BCUT2D eigenvalue weighted by molar-refractivity contribution is 6.30. The first-order valence-electron chi connectivity index (χ1n) is 7.50. The summed E-state index contributed by atoms with van der Waals surface area (Å²) < 4.78 is 2.28. The van der Waals surface area contributed by atoms with Gasteiger partial charge in [-0.15, -0.1) is 0 Å². The fourth-order valence-electron chi connectivity index (χ4n) is 3.23. The third-order valence-electron chi connectivity index (χ3n) is 4.26. The number of imidazole rings is 1. The number of nitrogens with zero attached hydrogens (tertiary/aromatic N) is 4. The molecular weight excluding hydrogens is 296 g/mol. The van der Waals surface area contributed by atoms with Gasteiger partial charge in [0.15, 0.2) is 5.65 Å². The smallest absolute Gasteiger partial charge is 0.160 e. The van der Waals surface area contributed by atoms with Crippen LogP contribution in [-0.4, -0.2) is 39.6 Å². The van der Waals surface area contributed by atoms with E-state index in [-0.39, 0.29) is 0 Å². The predicted molar refractivity (Wildman–Crippen MR) is 89.1 cm³/mol. The fraction of sp³-hybridized carbons (Fsp3) is 0.294. The lowest BCUT2D eigenvalue weighted by atomic mass is 10.2. The number of benzene rings is 1. The number of hydrogen-bond acceptors (Lipinski definition) is 3. The van der Waals surface area contributed by atoms with Crippen molar-refractivity contribution in [1.29, 1.82) is 0 Å². The molecule has 0 radical (unpaired) electrons. The van der Waals surface area contributed by atoms with Crippen molar-refractivity contribution in [2.24, 2.45) is 0 Å². The Morgan fingerprint density at radius 1 is 1.23 bits per heavy atom. The normalized spacial score (nSPS) is 19.1. The maximum absolute atomic E-state index is 6.17. The summed E-state index contributed by atoms with van der Waals surface area (Å²) in [5, 5.41) is 0.729. The topological polar surface area (TPSA) is 34.0 Å². The molecule has 5 heteroatoms. The summed E-state index contributed by atoms with van der Waals surface area (Å²) in [5.41, 5.74) is 2.94. The molecular formula is C17H17ClN4. The first kappa shape index (κ1) is 13.7. The third-order valence-corrected chi connectivity index (χ3v) is 4.50. The number of hydrogen-bond donors (Lipinski definition) is 0. The van der Waals surface area contributed by atoms with Gasteiger partial charge in [-0.25, -0.2) is 9.97 Å². The highest BCUT2D eigenvalue weighted by Gasteiger charge is 2.26. The predicted octanol–water partition coefficient (Wildman–Crippen LogP) is 3.63. The molecule has 22 heavy (non-hydrogen) atoms. The molecule has 112 valence electrons. The lowest BCUT2D eigenvalue weighted by Crippen LogP contribution is -2.17. The first-order valence-corrected chi connectivity index (χ1v) is 7.87. The van der Waals surface area contributed by atoms with Crippen molar-refractivity contribution in [3.8, 4) is 11.4 Å². The summed E-state index contributed by atoms with van der Waals surface area (Å²) in [7, 11) is 2.16. The minimum absolute atomic E-state index is 0.402. The van der Waals surface area contributed by atoms with E-state index >= 15 is 0 Å². The van der Waals surface area contributed by atoms with Crippen molar-refractivity contribution in [3.05, 3.63) is 47.6 Å². The zero-order chi connectivity index (χ0) is 15.1. The molecule has 0 bridgehead atoms. The minimum Gasteiger partial charge on any atom is -0.304 e. The second-order valence-corrected chi connectivity index (χ2v) is 6.30. The molecule has 1 aliphatic heterocycles. The molecule has 3 aromatic rings. The number of likely N-dealkylation sites (N-methyl/N-ethyl adjacent to an activating group) is 1. The Hall–Kier alpha value is -1.91. The van der Waals surface area contributed by atoms with Crippen molar-refractivity contribution in [1.82, 2.24) is 19.4 Å². The largest absolute Gasteiger partial charge is 0.304 e. The third kappa shape index (κ3) is 2.28. The number of halogens is 1. The van der Waals surface area contributed by atoms with Gasteiger partial charge < -0.3 is 9.47 Å². The molecule has 1 atom stereocenters. The number of likely N-dealkylation sites (tertiary alicyclic amines) is 1. The van der Waals surface area contributed by atoms with E-state index in [9.17, 15) is 0 Å². The average molecular weight is 313 g/mol. The van der Waals surface area contributed by atoms with E-state index in [0.717, 1.165) is 47.1 Å². The van der Waals surface area contributed by atoms with Crippen molar-refractivity contribution in [3.63, 3.8) is 0 Å². The van der Waals surface area contributed by atoms with Gasteiger partial charge in [0, 0.05) is 23.3 Å². The molecule has 3 heterocycles. The summed E-state index contributed by atoms with van der Waals surface area (Å²) >= 11 is 6.17. The van der Waals surface area contributed by atoms with E-state index in [4.69, 9.17) is 16.6 Å². The Morgan fingerprint density at radius 2 is 2.14 bits per heavy atom. The van der Waals surface area contributed by atoms with Gasteiger partial charge in [0.1, 0.15) is 11.3 Å². The van der Waals surface area contributed by atoms with Gasteiger partial charge >= 0.3 is 0 Å². The minimum atomic E-state index is 0.402. The van der Waals surface area contributed by atoms with Crippen LogP contribution in [0.2, 0.25) is 5.02 Å². The SMILES string of the molecule is CN1CCC(n2c(-c3cccc(Cl)c3)nc3cccnc32)C1. The van der Waals surface area contributed by atoms with Gasteiger partial charge in [0.05, 0.1) is 6.04 Å². The summed E-state index contributed by atoms with van der Waals surface area (Å²) in [6.45, 7) is 2.13. The van der Waals surface area contributed by atoms with E-state index in [1.807, 2.05) is 36.5 Å². The summed E-state index contributed by atoms with van der Waals surface area (Å²) in [5.74, 6) is 0.955. The van der Waals surface area contributed by atoms with Crippen LogP contribution in [-0.2, 0) is 0 Å². The molecule has 1 aromatic carbocycles. The molecule has 1 aliphatic rings. The maximum Gasteiger partial charge on any atom is 0.160 e. The number of aromatic nitrogens is 3. The quantitative estimate of drug-likeness (QED) is 0.724. The van der Waals surface area contributed by atoms with Crippen molar-refractivity contribution in [2.45, 2.75) is 12.5 Å². The molecule has 0 aliphatic carbocycles. The molecule has 2 aromatic heterocycles. The molecule has 4 rings (SSSR count). The Bertz CT molecular complexity index is 826. The Labute approximate surface area is 134 Å². The summed E-state index contributed by atoms with van der Waals surface area (Å²) in [6, 6.07) is 12.2. The van der Waals surface area contributed by atoms with Crippen LogP contribution >= 0.6 is 11.6 Å². The van der Waals surface area contributed by atoms with Gasteiger partial charge in [-0.1, -0.05) is 23.7 Å². The Morgan fingerprint density at radius 3 is 2.91 bits per heavy atom. The monoisotopic (exact) mass is 312 g/mol. The van der Waals surface area contributed by atoms with Gasteiger partial charge in [0.25, 0.3) is 0 Å². The lowest BCUT2D eigenvalue weighted by molar-refractivity contribution is 0.395. The molecule has 0 amide bonds. The molecule has 0 spiro atoms. The van der Waals surface area contributed by atoms with Crippen LogP contribution in [0.15, 0.2) is 42.6 Å². The Kier molecular flexibility index (Phi) is 3.36. The molecule has 4 nitrogen and oxygen atoms in total. The molecule has 1 fully saturated rings. The second-order valence-electron chi connectivity index (χ2n) is 5.87.